The zero-order valence-electron chi connectivity index (χ0n) is 17.7. The number of aliphatic hydroxyl groups is 1. The monoisotopic (exact) mass is 475 g/mol. The Labute approximate surface area is 192 Å². The lowest BCUT2D eigenvalue weighted by molar-refractivity contribution is -0.137. The van der Waals surface area contributed by atoms with E-state index in [4.69, 9.17) is 0 Å². The molecule has 3 rings (SSSR count). The number of amides is 2. The van der Waals surface area contributed by atoms with E-state index in [1.54, 1.807) is 12.1 Å². The molecular weight excluding hydrogens is 454 g/mol. The molecule has 0 fully saturated rings. The number of aliphatic hydroxyl groups excluding tert-OH is 1. The third-order valence-electron chi connectivity index (χ3n) is 4.82. The standard InChI is InChI=1S/C24H21F4N3O3/c25-17-10-8-15(9-11-17)13-29-23(34)21(14-32)31-22(33)19-6-1-2-7-20(19)30-18-5-3-4-16(12-18)24(26,27)28/h1-12,21,30,32H,13-14H2,(H,29,34)(H,31,33). The lowest BCUT2D eigenvalue weighted by Crippen LogP contribution is -2.48. The number of halogens is 4. The van der Waals surface area contributed by atoms with Crippen molar-refractivity contribution in [3.63, 3.8) is 0 Å². The molecule has 3 aromatic carbocycles. The highest BCUT2D eigenvalue weighted by atomic mass is 19.4. The van der Waals surface area contributed by atoms with E-state index >= 15 is 0 Å². The number of alkyl halides is 3. The van der Waals surface area contributed by atoms with Crippen molar-refractivity contribution in [3.05, 3.63) is 95.3 Å². The van der Waals surface area contributed by atoms with Crippen LogP contribution in [0.2, 0.25) is 0 Å². The third-order valence-corrected chi connectivity index (χ3v) is 4.82. The van der Waals surface area contributed by atoms with E-state index in [1.165, 1.54) is 48.5 Å². The van der Waals surface area contributed by atoms with Gasteiger partial charge in [0.1, 0.15) is 11.9 Å². The lowest BCUT2D eigenvalue weighted by Gasteiger charge is -2.18. The summed E-state index contributed by atoms with van der Waals surface area (Å²) in [5, 5.41) is 17.3. The van der Waals surface area contributed by atoms with Crippen molar-refractivity contribution in [2.45, 2.75) is 18.8 Å². The van der Waals surface area contributed by atoms with E-state index in [2.05, 4.69) is 16.0 Å². The Morgan fingerprint density at radius 1 is 0.941 bits per heavy atom. The molecule has 0 bridgehead atoms. The normalized spacial score (nSPS) is 12.0. The van der Waals surface area contributed by atoms with Crippen LogP contribution in [0, 0.1) is 5.82 Å². The van der Waals surface area contributed by atoms with Gasteiger partial charge in [0.05, 0.1) is 23.4 Å². The van der Waals surface area contributed by atoms with E-state index in [0.29, 0.717) is 5.56 Å². The van der Waals surface area contributed by atoms with Gasteiger partial charge in [0, 0.05) is 12.2 Å². The zero-order valence-corrected chi connectivity index (χ0v) is 17.7. The van der Waals surface area contributed by atoms with Crippen LogP contribution in [-0.4, -0.2) is 29.6 Å². The minimum atomic E-state index is -4.52. The summed E-state index contributed by atoms with van der Waals surface area (Å²) in [5.74, 6) is -1.80. The number of hydrogen-bond acceptors (Lipinski definition) is 4. The molecule has 3 aromatic rings. The molecule has 0 radical (unpaired) electrons. The maximum absolute atomic E-state index is 13.0. The van der Waals surface area contributed by atoms with E-state index < -0.39 is 42.0 Å². The van der Waals surface area contributed by atoms with Crippen LogP contribution in [-0.2, 0) is 17.5 Å². The number of para-hydroxylation sites is 1. The highest BCUT2D eigenvalue weighted by molar-refractivity contribution is 6.02. The molecule has 0 spiro atoms. The molecule has 10 heteroatoms. The molecule has 6 nitrogen and oxygen atoms in total. The molecule has 1 atom stereocenters. The van der Waals surface area contributed by atoms with Crippen molar-refractivity contribution in [1.82, 2.24) is 10.6 Å². The maximum Gasteiger partial charge on any atom is 0.416 e. The minimum Gasteiger partial charge on any atom is -0.394 e. The fraction of sp³-hybridized carbons (Fsp3) is 0.167. The van der Waals surface area contributed by atoms with Gasteiger partial charge in [0.15, 0.2) is 0 Å². The molecular formula is C24H21F4N3O3. The summed E-state index contributed by atoms with van der Waals surface area (Å²) in [6.07, 6.45) is -4.52. The minimum absolute atomic E-state index is 0.0547. The van der Waals surface area contributed by atoms with Gasteiger partial charge in [-0.15, -0.1) is 0 Å². The molecule has 0 aliphatic carbocycles. The first-order valence-corrected chi connectivity index (χ1v) is 10.1. The van der Waals surface area contributed by atoms with Gasteiger partial charge in [0.2, 0.25) is 5.91 Å². The summed E-state index contributed by atoms with van der Waals surface area (Å²) in [7, 11) is 0. The Morgan fingerprint density at radius 3 is 2.32 bits per heavy atom. The third kappa shape index (κ3) is 6.55. The predicted octanol–water partition coefficient (Wildman–Crippen LogP) is 4.00. The maximum atomic E-state index is 13.0. The van der Waals surface area contributed by atoms with Gasteiger partial charge in [-0.2, -0.15) is 13.2 Å². The molecule has 0 heterocycles. The SMILES string of the molecule is O=C(NC(CO)C(=O)NCc1ccc(F)cc1)c1ccccc1Nc1cccc(C(F)(F)F)c1. The second kappa shape index (κ2) is 10.8. The van der Waals surface area contributed by atoms with Crippen LogP contribution in [0.4, 0.5) is 28.9 Å². The van der Waals surface area contributed by atoms with Crippen molar-refractivity contribution in [2.75, 3.05) is 11.9 Å². The predicted molar refractivity (Wildman–Crippen MR) is 118 cm³/mol. The summed E-state index contributed by atoms with van der Waals surface area (Å²) in [6, 6.07) is 14.7. The number of benzene rings is 3. The molecule has 4 N–H and O–H groups in total. The highest BCUT2D eigenvalue weighted by Crippen LogP contribution is 2.31. The van der Waals surface area contributed by atoms with Gasteiger partial charge in [-0.05, 0) is 48.0 Å². The number of carbonyl (C=O) groups is 2. The molecule has 0 aliphatic heterocycles. The van der Waals surface area contributed by atoms with Crippen LogP contribution in [0.25, 0.3) is 0 Å². The second-order valence-corrected chi connectivity index (χ2v) is 7.30. The molecule has 2 amide bonds. The molecule has 0 saturated heterocycles. The van der Waals surface area contributed by atoms with Crippen LogP contribution in [0.1, 0.15) is 21.5 Å². The molecule has 0 saturated carbocycles. The molecule has 34 heavy (non-hydrogen) atoms. The smallest absolute Gasteiger partial charge is 0.394 e. The summed E-state index contributed by atoms with van der Waals surface area (Å²) in [4.78, 5) is 25.2. The van der Waals surface area contributed by atoms with Crippen molar-refractivity contribution in [3.8, 4) is 0 Å². The Bertz CT molecular complexity index is 1150. The zero-order chi connectivity index (χ0) is 24.7. The van der Waals surface area contributed by atoms with Crippen molar-refractivity contribution >= 4 is 23.2 Å². The first kappa shape index (κ1) is 24.7. The number of carbonyl (C=O) groups excluding carboxylic acids is 2. The number of rotatable bonds is 8. The quantitative estimate of drug-likeness (QED) is 0.371. The van der Waals surface area contributed by atoms with Crippen molar-refractivity contribution in [2.24, 2.45) is 0 Å². The average Bonchev–Trinajstić information content (AvgIpc) is 2.82. The van der Waals surface area contributed by atoms with Gasteiger partial charge in [-0.3, -0.25) is 9.59 Å². The molecule has 0 aliphatic rings. The van der Waals surface area contributed by atoms with Crippen LogP contribution >= 0.6 is 0 Å². The van der Waals surface area contributed by atoms with Gasteiger partial charge in [-0.25, -0.2) is 4.39 Å². The van der Waals surface area contributed by atoms with Crippen molar-refractivity contribution in [1.29, 1.82) is 0 Å². The van der Waals surface area contributed by atoms with Gasteiger partial charge < -0.3 is 21.1 Å². The molecule has 0 aromatic heterocycles. The highest BCUT2D eigenvalue weighted by Gasteiger charge is 2.30. The van der Waals surface area contributed by atoms with Crippen LogP contribution in [0.15, 0.2) is 72.8 Å². The Kier molecular flexibility index (Phi) is 7.85. The van der Waals surface area contributed by atoms with Gasteiger partial charge in [0.25, 0.3) is 5.91 Å². The largest absolute Gasteiger partial charge is 0.416 e. The average molecular weight is 475 g/mol. The summed E-state index contributed by atoms with van der Waals surface area (Å²) >= 11 is 0. The Morgan fingerprint density at radius 2 is 1.65 bits per heavy atom. The topological polar surface area (TPSA) is 90.5 Å². The van der Waals surface area contributed by atoms with E-state index in [0.717, 1.165) is 12.1 Å². The van der Waals surface area contributed by atoms with E-state index in [-0.39, 0.29) is 23.5 Å². The molecule has 1 unspecified atom stereocenters. The summed E-state index contributed by atoms with van der Waals surface area (Å²) in [5.41, 5.74) is 0.157. The van der Waals surface area contributed by atoms with E-state index in [1.807, 2.05) is 0 Å². The Hall–Kier alpha value is -3.92. The molecule has 178 valence electrons. The van der Waals surface area contributed by atoms with Gasteiger partial charge >= 0.3 is 6.18 Å². The number of hydrogen-bond donors (Lipinski definition) is 4. The first-order chi connectivity index (χ1) is 16.2. The fourth-order valence-electron chi connectivity index (χ4n) is 3.06. The number of anilines is 2. The van der Waals surface area contributed by atoms with E-state index in [9.17, 15) is 32.3 Å². The second-order valence-electron chi connectivity index (χ2n) is 7.30. The Balaban J connectivity index is 1.69. The van der Waals surface area contributed by atoms with Crippen LogP contribution in [0.5, 0.6) is 0 Å². The summed E-state index contributed by atoms with van der Waals surface area (Å²) < 4.78 is 52.0. The fourth-order valence-corrected chi connectivity index (χ4v) is 3.06. The summed E-state index contributed by atoms with van der Waals surface area (Å²) in [6.45, 7) is -0.636. The van der Waals surface area contributed by atoms with Crippen LogP contribution < -0.4 is 16.0 Å². The van der Waals surface area contributed by atoms with Crippen LogP contribution in [0.3, 0.4) is 0 Å². The first-order valence-electron chi connectivity index (χ1n) is 10.1. The lowest BCUT2D eigenvalue weighted by atomic mass is 10.1. The number of nitrogens with one attached hydrogen (secondary N) is 3. The van der Waals surface area contributed by atoms with Crippen molar-refractivity contribution < 1.29 is 32.3 Å². The van der Waals surface area contributed by atoms with Gasteiger partial charge in [-0.1, -0.05) is 30.3 Å².